The number of hydrogen-bond acceptors (Lipinski definition) is 1. The van der Waals surface area contributed by atoms with Crippen LogP contribution in [-0.2, 0) is 0 Å². The van der Waals surface area contributed by atoms with Crippen LogP contribution in [0.3, 0.4) is 0 Å². The van der Waals surface area contributed by atoms with Crippen LogP contribution in [0.15, 0.2) is 24.3 Å². The second-order valence-corrected chi connectivity index (χ2v) is 3.65. The zero-order chi connectivity index (χ0) is 9.31. The average molecular weight is 172 g/mol. The molecule has 1 nitrogen and oxygen atoms in total. The van der Waals surface area contributed by atoms with E-state index < -0.39 is 5.60 Å². The van der Waals surface area contributed by atoms with Gasteiger partial charge in [-0.25, -0.2) is 0 Å². The van der Waals surface area contributed by atoms with Crippen LogP contribution in [0, 0.1) is 18.8 Å². The molecular weight excluding hydrogens is 160 g/mol. The molecule has 1 N–H and O–H groups in total. The molecule has 1 aromatic rings. The van der Waals surface area contributed by atoms with Crippen LogP contribution in [0.25, 0.3) is 0 Å². The minimum absolute atomic E-state index is 0.663. The Morgan fingerprint density at radius 2 is 2.15 bits per heavy atom. The van der Waals surface area contributed by atoms with Crippen LogP contribution in [0.5, 0.6) is 0 Å². The van der Waals surface area contributed by atoms with E-state index >= 15 is 0 Å². The molecule has 0 amide bonds. The Morgan fingerprint density at radius 1 is 1.38 bits per heavy atom. The smallest absolute Gasteiger partial charge is 0.126 e. The Balaban J connectivity index is 2.20. The van der Waals surface area contributed by atoms with Crippen molar-refractivity contribution in [2.75, 3.05) is 0 Å². The van der Waals surface area contributed by atoms with Gasteiger partial charge in [-0.15, -0.1) is 0 Å². The SMILES string of the molecule is Cc1cccc(C#CC2(O)CC2)c1. The number of aliphatic hydroxyl groups is 1. The van der Waals surface area contributed by atoms with Crippen LogP contribution in [0.1, 0.15) is 24.0 Å². The van der Waals surface area contributed by atoms with Crippen molar-refractivity contribution in [2.45, 2.75) is 25.4 Å². The van der Waals surface area contributed by atoms with Crippen molar-refractivity contribution in [1.82, 2.24) is 0 Å². The highest BCUT2D eigenvalue weighted by Gasteiger charge is 2.38. The summed E-state index contributed by atoms with van der Waals surface area (Å²) in [6.07, 6.45) is 1.65. The molecular formula is C12H12O. The van der Waals surface area contributed by atoms with Crippen molar-refractivity contribution in [3.8, 4) is 11.8 Å². The Hall–Kier alpha value is -1.26. The number of hydrogen-bond donors (Lipinski definition) is 1. The Kier molecular flexibility index (Phi) is 1.86. The summed E-state index contributed by atoms with van der Waals surface area (Å²) in [5.74, 6) is 5.87. The maximum atomic E-state index is 9.49. The monoisotopic (exact) mass is 172 g/mol. The summed E-state index contributed by atoms with van der Waals surface area (Å²) in [5, 5.41) is 9.49. The summed E-state index contributed by atoms with van der Waals surface area (Å²) in [6, 6.07) is 8.01. The molecule has 0 aromatic heterocycles. The fraction of sp³-hybridized carbons (Fsp3) is 0.333. The van der Waals surface area contributed by atoms with E-state index in [-0.39, 0.29) is 0 Å². The highest BCUT2D eigenvalue weighted by molar-refractivity contribution is 5.39. The van der Waals surface area contributed by atoms with E-state index in [1.165, 1.54) is 5.56 Å². The van der Waals surface area contributed by atoms with Crippen molar-refractivity contribution in [3.05, 3.63) is 35.4 Å². The summed E-state index contributed by atoms with van der Waals surface area (Å²) in [6.45, 7) is 2.04. The molecule has 0 bridgehead atoms. The van der Waals surface area contributed by atoms with Crippen molar-refractivity contribution >= 4 is 0 Å². The third-order valence-electron chi connectivity index (χ3n) is 2.18. The molecule has 0 spiro atoms. The van der Waals surface area contributed by atoms with Crippen LogP contribution in [0.2, 0.25) is 0 Å². The number of benzene rings is 1. The molecule has 1 heteroatoms. The normalized spacial score (nSPS) is 17.4. The Bertz CT molecular complexity index is 378. The summed E-state index contributed by atoms with van der Waals surface area (Å²) in [5.41, 5.74) is 1.53. The summed E-state index contributed by atoms with van der Waals surface area (Å²) in [7, 11) is 0. The Labute approximate surface area is 78.4 Å². The van der Waals surface area contributed by atoms with E-state index in [9.17, 15) is 5.11 Å². The predicted octanol–water partition coefficient (Wildman–Crippen LogP) is 1.87. The lowest BCUT2D eigenvalue weighted by molar-refractivity contribution is 0.212. The van der Waals surface area contributed by atoms with Gasteiger partial charge in [-0.1, -0.05) is 24.0 Å². The van der Waals surface area contributed by atoms with Crippen molar-refractivity contribution in [1.29, 1.82) is 0 Å². The van der Waals surface area contributed by atoms with Crippen LogP contribution >= 0.6 is 0 Å². The van der Waals surface area contributed by atoms with Crippen LogP contribution < -0.4 is 0 Å². The second kappa shape index (κ2) is 2.90. The highest BCUT2D eigenvalue weighted by atomic mass is 16.3. The molecule has 1 fully saturated rings. The predicted molar refractivity (Wildman–Crippen MR) is 52.2 cm³/mol. The fourth-order valence-electron chi connectivity index (χ4n) is 1.15. The maximum Gasteiger partial charge on any atom is 0.126 e. The quantitative estimate of drug-likeness (QED) is 0.592. The minimum atomic E-state index is -0.663. The van der Waals surface area contributed by atoms with Gasteiger partial charge in [0, 0.05) is 5.56 Å². The number of aryl methyl sites for hydroxylation is 1. The first-order valence-corrected chi connectivity index (χ1v) is 4.50. The largest absolute Gasteiger partial charge is 0.378 e. The summed E-state index contributed by atoms with van der Waals surface area (Å²) >= 11 is 0. The highest BCUT2D eigenvalue weighted by Crippen LogP contribution is 2.33. The minimum Gasteiger partial charge on any atom is -0.378 e. The van der Waals surface area contributed by atoms with Gasteiger partial charge in [0.05, 0.1) is 0 Å². The molecule has 0 unspecified atom stereocenters. The molecule has 1 aliphatic rings. The summed E-state index contributed by atoms with van der Waals surface area (Å²) < 4.78 is 0. The topological polar surface area (TPSA) is 20.2 Å². The van der Waals surface area contributed by atoms with Gasteiger partial charge in [-0.2, -0.15) is 0 Å². The lowest BCUT2D eigenvalue weighted by Gasteiger charge is -1.94. The van der Waals surface area contributed by atoms with E-state index in [4.69, 9.17) is 0 Å². The Morgan fingerprint density at radius 3 is 2.77 bits per heavy atom. The van der Waals surface area contributed by atoms with Crippen LogP contribution in [0.4, 0.5) is 0 Å². The molecule has 1 aliphatic carbocycles. The standard InChI is InChI=1S/C12H12O/c1-10-3-2-4-11(9-10)5-6-12(13)7-8-12/h2-4,9,13H,7-8H2,1H3. The zero-order valence-electron chi connectivity index (χ0n) is 7.67. The first-order valence-electron chi connectivity index (χ1n) is 4.50. The van der Waals surface area contributed by atoms with Gasteiger partial charge in [0.25, 0.3) is 0 Å². The van der Waals surface area contributed by atoms with Gasteiger partial charge < -0.3 is 5.11 Å². The molecule has 0 atom stereocenters. The molecule has 13 heavy (non-hydrogen) atoms. The molecule has 0 radical (unpaired) electrons. The van der Waals surface area contributed by atoms with Crippen molar-refractivity contribution in [3.63, 3.8) is 0 Å². The molecule has 0 saturated heterocycles. The van der Waals surface area contributed by atoms with Gasteiger partial charge in [0.1, 0.15) is 5.60 Å². The third kappa shape index (κ3) is 2.11. The molecule has 2 rings (SSSR count). The van der Waals surface area contributed by atoms with Crippen LogP contribution in [-0.4, -0.2) is 10.7 Å². The van der Waals surface area contributed by atoms with Gasteiger partial charge in [0.2, 0.25) is 0 Å². The molecule has 66 valence electrons. The van der Waals surface area contributed by atoms with E-state index in [1.807, 2.05) is 31.2 Å². The summed E-state index contributed by atoms with van der Waals surface area (Å²) in [4.78, 5) is 0. The molecule has 1 saturated carbocycles. The van der Waals surface area contributed by atoms with Gasteiger partial charge in [-0.05, 0) is 37.5 Å². The zero-order valence-corrected chi connectivity index (χ0v) is 7.67. The van der Waals surface area contributed by atoms with E-state index in [2.05, 4.69) is 11.8 Å². The van der Waals surface area contributed by atoms with E-state index in [0.29, 0.717) is 0 Å². The molecule has 1 aromatic carbocycles. The average Bonchev–Trinajstić information content (AvgIpc) is 2.82. The van der Waals surface area contributed by atoms with E-state index in [1.54, 1.807) is 0 Å². The van der Waals surface area contributed by atoms with Gasteiger partial charge >= 0.3 is 0 Å². The van der Waals surface area contributed by atoms with Crippen molar-refractivity contribution < 1.29 is 5.11 Å². The van der Waals surface area contributed by atoms with Crippen molar-refractivity contribution in [2.24, 2.45) is 0 Å². The first kappa shape index (κ1) is 8.34. The fourth-order valence-corrected chi connectivity index (χ4v) is 1.15. The lowest BCUT2D eigenvalue weighted by Crippen LogP contribution is -2.00. The van der Waals surface area contributed by atoms with Gasteiger partial charge in [-0.3, -0.25) is 0 Å². The molecule has 0 heterocycles. The second-order valence-electron chi connectivity index (χ2n) is 3.65. The maximum absolute atomic E-state index is 9.49. The first-order chi connectivity index (χ1) is 6.18. The number of rotatable bonds is 0. The lowest BCUT2D eigenvalue weighted by atomic mass is 10.1. The van der Waals surface area contributed by atoms with E-state index in [0.717, 1.165) is 18.4 Å². The van der Waals surface area contributed by atoms with Gasteiger partial charge in [0.15, 0.2) is 0 Å². The third-order valence-corrected chi connectivity index (χ3v) is 2.18. The molecule has 0 aliphatic heterocycles.